The molecule has 0 aromatic heterocycles. The molecule has 0 bridgehead atoms. The van der Waals surface area contributed by atoms with E-state index in [0.717, 1.165) is 5.56 Å². The molecule has 0 fully saturated rings. The highest BCUT2D eigenvalue weighted by Gasteiger charge is 2.44. The summed E-state index contributed by atoms with van der Waals surface area (Å²) in [7, 11) is 4.22. The Morgan fingerprint density at radius 3 is 2.24 bits per heavy atom. The molecule has 0 amide bonds. The van der Waals surface area contributed by atoms with Crippen LogP contribution in [0, 0.1) is 5.92 Å². The van der Waals surface area contributed by atoms with Gasteiger partial charge in [0.2, 0.25) is 0 Å². The van der Waals surface area contributed by atoms with Crippen LogP contribution < -0.4 is 0 Å². The van der Waals surface area contributed by atoms with Gasteiger partial charge < -0.3 is 18.9 Å². The van der Waals surface area contributed by atoms with Crippen LogP contribution >= 0.6 is 0 Å². The van der Waals surface area contributed by atoms with Gasteiger partial charge in [-0.15, -0.1) is 0 Å². The summed E-state index contributed by atoms with van der Waals surface area (Å²) in [4.78, 5) is 25.1. The molecule has 0 saturated heterocycles. The van der Waals surface area contributed by atoms with E-state index in [0.29, 0.717) is 11.5 Å². The second-order valence-corrected chi connectivity index (χ2v) is 5.34. The zero-order chi connectivity index (χ0) is 18.4. The molecule has 0 spiro atoms. The maximum atomic E-state index is 12.6. The second-order valence-electron chi connectivity index (χ2n) is 5.34. The van der Waals surface area contributed by atoms with Gasteiger partial charge >= 0.3 is 11.9 Å². The smallest absolute Gasteiger partial charge is 0.338 e. The molecule has 0 heterocycles. The number of hydrogen-bond donors (Lipinski definition) is 0. The number of methoxy groups -OCH3 is 3. The Morgan fingerprint density at radius 2 is 1.72 bits per heavy atom. The summed E-state index contributed by atoms with van der Waals surface area (Å²) in [6.45, 7) is 1.93. The Morgan fingerprint density at radius 1 is 1.04 bits per heavy atom. The molecule has 1 aromatic carbocycles. The minimum Gasteiger partial charge on any atom is -0.500 e. The highest BCUT2D eigenvalue weighted by molar-refractivity contribution is 5.94. The third kappa shape index (κ3) is 3.68. The third-order valence-corrected chi connectivity index (χ3v) is 4.05. The van der Waals surface area contributed by atoms with Crippen molar-refractivity contribution < 1.29 is 28.5 Å². The SMILES string of the molecule is CCOC(=O)C1=C(OC)C=C(OC)[C@@H](C(=O)OC)[C@@H]1c1ccccc1. The summed E-state index contributed by atoms with van der Waals surface area (Å²) in [6, 6.07) is 9.21. The van der Waals surface area contributed by atoms with Crippen LogP contribution in [0.5, 0.6) is 0 Å². The lowest BCUT2D eigenvalue weighted by molar-refractivity contribution is -0.146. The van der Waals surface area contributed by atoms with Crippen LogP contribution in [0.1, 0.15) is 18.4 Å². The molecule has 0 unspecified atom stereocenters. The van der Waals surface area contributed by atoms with E-state index in [2.05, 4.69) is 0 Å². The van der Waals surface area contributed by atoms with E-state index in [1.165, 1.54) is 27.4 Å². The number of ether oxygens (including phenoxy) is 4. The van der Waals surface area contributed by atoms with Gasteiger partial charge in [-0.1, -0.05) is 30.3 Å². The quantitative estimate of drug-likeness (QED) is 0.737. The fraction of sp³-hybridized carbons (Fsp3) is 0.368. The van der Waals surface area contributed by atoms with Crippen molar-refractivity contribution in [3.63, 3.8) is 0 Å². The molecular weight excluding hydrogens is 324 g/mol. The van der Waals surface area contributed by atoms with Crippen LogP contribution in [0.15, 0.2) is 53.5 Å². The van der Waals surface area contributed by atoms with Gasteiger partial charge in [-0.3, -0.25) is 4.79 Å². The number of carbonyl (C=O) groups is 2. The molecule has 134 valence electrons. The summed E-state index contributed by atoms with van der Waals surface area (Å²) in [5.41, 5.74) is 1.03. The largest absolute Gasteiger partial charge is 0.500 e. The van der Waals surface area contributed by atoms with Crippen LogP contribution in [-0.2, 0) is 28.5 Å². The Kier molecular flexibility index (Phi) is 6.22. The van der Waals surface area contributed by atoms with Gasteiger partial charge in [-0.05, 0) is 12.5 Å². The lowest BCUT2D eigenvalue weighted by Crippen LogP contribution is -2.34. The Labute approximate surface area is 147 Å². The van der Waals surface area contributed by atoms with E-state index >= 15 is 0 Å². The molecule has 2 atom stereocenters. The van der Waals surface area contributed by atoms with Crippen LogP contribution in [0.4, 0.5) is 0 Å². The normalized spacial score (nSPS) is 19.8. The van der Waals surface area contributed by atoms with Crippen molar-refractivity contribution >= 4 is 11.9 Å². The first-order valence-electron chi connectivity index (χ1n) is 7.92. The van der Waals surface area contributed by atoms with Gasteiger partial charge in [0, 0.05) is 12.0 Å². The maximum absolute atomic E-state index is 12.6. The average Bonchev–Trinajstić information content (AvgIpc) is 2.66. The summed E-state index contributed by atoms with van der Waals surface area (Å²) < 4.78 is 20.9. The van der Waals surface area contributed by atoms with E-state index in [1.54, 1.807) is 6.92 Å². The Balaban J connectivity index is 2.70. The molecule has 6 nitrogen and oxygen atoms in total. The van der Waals surface area contributed by atoms with E-state index in [9.17, 15) is 9.59 Å². The van der Waals surface area contributed by atoms with Crippen LogP contribution in [0.2, 0.25) is 0 Å². The first-order chi connectivity index (χ1) is 12.1. The summed E-state index contributed by atoms with van der Waals surface area (Å²) >= 11 is 0. The average molecular weight is 346 g/mol. The monoisotopic (exact) mass is 346 g/mol. The van der Waals surface area contributed by atoms with Gasteiger partial charge in [0.15, 0.2) is 0 Å². The molecule has 0 radical (unpaired) electrons. The highest BCUT2D eigenvalue weighted by Crippen LogP contribution is 2.43. The van der Waals surface area contributed by atoms with Gasteiger partial charge in [0.05, 0.1) is 33.5 Å². The van der Waals surface area contributed by atoms with E-state index < -0.39 is 23.8 Å². The molecule has 1 aliphatic rings. The maximum Gasteiger partial charge on any atom is 0.338 e. The summed E-state index contributed by atoms with van der Waals surface area (Å²) in [5.74, 6) is -1.80. The summed E-state index contributed by atoms with van der Waals surface area (Å²) in [6.07, 6.45) is 1.54. The zero-order valence-electron chi connectivity index (χ0n) is 14.8. The molecule has 0 N–H and O–H groups in total. The lowest BCUT2D eigenvalue weighted by atomic mass is 9.75. The molecule has 25 heavy (non-hydrogen) atoms. The standard InChI is InChI=1S/C19H22O6/c1-5-25-19(21)17-14(23-3)11-13(22-2)16(18(20)24-4)15(17)12-9-7-6-8-10-12/h6-11,15-16H,5H2,1-4H3/t15-,16+/m0/s1. The lowest BCUT2D eigenvalue weighted by Gasteiger charge is -2.32. The first-order valence-corrected chi connectivity index (χ1v) is 7.92. The first kappa shape index (κ1) is 18.6. The van der Waals surface area contributed by atoms with Crippen molar-refractivity contribution in [3.8, 4) is 0 Å². The predicted molar refractivity (Wildman–Crippen MR) is 90.4 cm³/mol. The number of benzene rings is 1. The van der Waals surface area contributed by atoms with E-state index in [1.807, 2.05) is 30.3 Å². The van der Waals surface area contributed by atoms with Crippen molar-refractivity contribution in [2.45, 2.75) is 12.8 Å². The number of rotatable bonds is 6. The molecular formula is C19H22O6. The van der Waals surface area contributed by atoms with Crippen molar-refractivity contribution in [2.24, 2.45) is 5.92 Å². The van der Waals surface area contributed by atoms with Crippen LogP contribution in [0.3, 0.4) is 0 Å². The van der Waals surface area contributed by atoms with E-state index in [-0.39, 0.29) is 12.2 Å². The molecule has 1 aromatic rings. The highest BCUT2D eigenvalue weighted by atomic mass is 16.5. The summed E-state index contributed by atoms with van der Waals surface area (Å²) in [5, 5.41) is 0. The number of hydrogen-bond acceptors (Lipinski definition) is 6. The Bertz CT molecular complexity index is 689. The number of esters is 2. The fourth-order valence-electron chi connectivity index (χ4n) is 2.97. The second kappa shape index (κ2) is 8.37. The topological polar surface area (TPSA) is 71.1 Å². The fourth-order valence-corrected chi connectivity index (χ4v) is 2.97. The van der Waals surface area contributed by atoms with Crippen molar-refractivity contribution in [3.05, 3.63) is 59.1 Å². The molecule has 2 rings (SSSR count). The molecule has 0 saturated carbocycles. The number of carbonyl (C=O) groups excluding carboxylic acids is 2. The van der Waals surface area contributed by atoms with Gasteiger partial charge in [-0.2, -0.15) is 0 Å². The minimum atomic E-state index is -0.810. The minimum absolute atomic E-state index is 0.213. The molecule has 6 heteroatoms. The van der Waals surface area contributed by atoms with Crippen molar-refractivity contribution in [1.29, 1.82) is 0 Å². The van der Waals surface area contributed by atoms with E-state index in [4.69, 9.17) is 18.9 Å². The predicted octanol–water partition coefficient (Wildman–Crippen LogP) is 2.57. The zero-order valence-corrected chi connectivity index (χ0v) is 14.8. The van der Waals surface area contributed by atoms with Gasteiger partial charge in [0.1, 0.15) is 17.4 Å². The number of allylic oxidation sites excluding steroid dienone is 1. The van der Waals surface area contributed by atoms with Gasteiger partial charge in [-0.25, -0.2) is 4.79 Å². The Hall–Kier alpha value is -2.76. The van der Waals surface area contributed by atoms with Gasteiger partial charge in [0.25, 0.3) is 0 Å². The van der Waals surface area contributed by atoms with Crippen LogP contribution in [0.25, 0.3) is 0 Å². The van der Waals surface area contributed by atoms with Crippen molar-refractivity contribution in [1.82, 2.24) is 0 Å². The van der Waals surface area contributed by atoms with Crippen molar-refractivity contribution in [2.75, 3.05) is 27.9 Å². The molecule has 0 aliphatic heterocycles. The van der Waals surface area contributed by atoms with Crippen LogP contribution in [-0.4, -0.2) is 39.9 Å². The molecule has 1 aliphatic carbocycles. The third-order valence-electron chi connectivity index (χ3n) is 4.05.